The largest absolute Gasteiger partial charge is 0.460 e. The minimum absolute atomic E-state index is 0.197. The Morgan fingerprint density at radius 2 is 2.11 bits per heavy atom. The van der Waals surface area contributed by atoms with Crippen LogP contribution in [0.25, 0.3) is 11.3 Å². The van der Waals surface area contributed by atoms with E-state index in [2.05, 4.69) is 30.2 Å². The van der Waals surface area contributed by atoms with E-state index in [1.54, 1.807) is 25.1 Å². The van der Waals surface area contributed by atoms with E-state index >= 15 is 0 Å². The average molecular weight is 385 g/mol. The number of fused-ring (bicyclic) bond motifs is 3. The molecule has 5 heterocycles. The summed E-state index contributed by atoms with van der Waals surface area (Å²) in [5.41, 5.74) is 1.76. The predicted molar refractivity (Wildman–Crippen MR) is 108 cm³/mol. The van der Waals surface area contributed by atoms with Gasteiger partial charge in [0, 0.05) is 31.4 Å². The zero-order valence-corrected chi connectivity index (χ0v) is 16.4. The number of hydrogen-bond donors (Lipinski definition) is 1. The molecule has 0 spiro atoms. The summed E-state index contributed by atoms with van der Waals surface area (Å²) in [6.07, 6.45) is 7.99. The van der Waals surface area contributed by atoms with Gasteiger partial charge in [-0.3, -0.25) is 10.2 Å². The summed E-state index contributed by atoms with van der Waals surface area (Å²) in [6.45, 7) is 3.36. The van der Waals surface area contributed by atoms with Gasteiger partial charge in [0.15, 0.2) is 0 Å². The van der Waals surface area contributed by atoms with Gasteiger partial charge in [0.05, 0.1) is 10.7 Å². The third-order valence-corrected chi connectivity index (χ3v) is 5.87. The highest BCUT2D eigenvalue weighted by Crippen LogP contribution is 2.29. The Morgan fingerprint density at radius 1 is 1.26 bits per heavy atom. The molecule has 5 rings (SSSR count). The predicted octanol–water partition coefficient (Wildman–Crippen LogP) is 2.77. The van der Waals surface area contributed by atoms with Crippen LogP contribution in [0.3, 0.4) is 0 Å². The first-order valence-electron chi connectivity index (χ1n) is 9.20. The first kappa shape index (κ1) is 18.2. The van der Waals surface area contributed by atoms with Crippen molar-refractivity contribution in [2.45, 2.75) is 24.0 Å². The molecule has 3 aliphatic heterocycles. The van der Waals surface area contributed by atoms with Gasteiger partial charge in [0.25, 0.3) is 6.02 Å². The van der Waals surface area contributed by atoms with Crippen molar-refractivity contribution in [1.82, 2.24) is 19.9 Å². The SMILES string of the molecule is CN=C(Nc1cc(-c2ccc(SC)nc2)ncn1)O[C@H]1CN2CCC1CC2. The standard InChI is InChI=1S/C19H24N6OS/c1-20-19(26-16-11-25-7-5-13(16)6-8-25)24-17-9-15(22-12-23-17)14-3-4-18(27-2)21-10-14/h3-4,9-10,12-13,16H,5-8,11H2,1-2H3,(H,20,22,23,24)/t16-/m0/s1. The van der Waals surface area contributed by atoms with Crippen LogP contribution in [-0.2, 0) is 4.74 Å². The van der Waals surface area contributed by atoms with Gasteiger partial charge < -0.3 is 4.74 Å². The van der Waals surface area contributed by atoms with Crippen molar-refractivity contribution in [1.29, 1.82) is 0 Å². The second-order valence-corrected chi connectivity index (χ2v) is 7.65. The highest BCUT2D eigenvalue weighted by Gasteiger charge is 2.36. The van der Waals surface area contributed by atoms with Crippen LogP contribution in [0.4, 0.5) is 5.82 Å². The van der Waals surface area contributed by atoms with Crippen LogP contribution >= 0.6 is 11.8 Å². The Kier molecular flexibility index (Phi) is 5.54. The lowest BCUT2D eigenvalue weighted by molar-refractivity contribution is -0.0146. The molecule has 0 saturated carbocycles. The molecule has 2 bridgehead atoms. The lowest BCUT2D eigenvalue weighted by atomic mass is 9.86. The van der Waals surface area contributed by atoms with E-state index in [0.717, 1.165) is 22.8 Å². The number of anilines is 1. The van der Waals surface area contributed by atoms with Gasteiger partial charge in [-0.2, -0.15) is 0 Å². The molecular weight excluding hydrogens is 360 g/mol. The summed E-state index contributed by atoms with van der Waals surface area (Å²) < 4.78 is 6.18. The van der Waals surface area contributed by atoms with Gasteiger partial charge in [-0.25, -0.2) is 19.9 Å². The Hall–Kier alpha value is -2.19. The highest BCUT2D eigenvalue weighted by molar-refractivity contribution is 7.98. The lowest BCUT2D eigenvalue weighted by Crippen LogP contribution is -2.52. The summed E-state index contributed by atoms with van der Waals surface area (Å²) in [4.78, 5) is 19.8. The van der Waals surface area contributed by atoms with Crippen LogP contribution in [0.15, 0.2) is 40.7 Å². The quantitative estimate of drug-likeness (QED) is 0.493. The number of piperidine rings is 3. The summed E-state index contributed by atoms with van der Waals surface area (Å²) in [5.74, 6) is 1.28. The van der Waals surface area contributed by atoms with Crippen molar-refractivity contribution in [3.63, 3.8) is 0 Å². The number of pyridine rings is 1. The van der Waals surface area contributed by atoms with Crippen molar-refractivity contribution in [3.05, 3.63) is 30.7 Å². The van der Waals surface area contributed by atoms with Gasteiger partial charge in [-0.15, -0.1) is 11.8 Å². The molecule has 0 aromatic carbocycles. The van der Waals surface area contributed by atoms with E-state index in [-0.39, 0.29) is 6.10 Å². The van der Waals surface area contributed by atoms with E-state index in [9.17, 15) is 0 Å². The van der Waals surface area contributed by atoms with Crippen LogP contribution in [0.2, 0.25) is 0 Å². The number of ether oxygens (including phenoxy) is 1. The second-order valence-electron chi connectivity index (χ2n) is 6.83. The first-order valence-corrected chi connectivity index (χ1v) is 10.4. The Labute approximate surface area is 163 Å². The third-order valence-electron chi connectivity index (χ3n) is 5.21. The van der Waals surface area contributed by atoms with Crippen LogP contribution in [0.1, 0.15) is 12.8 Å². The van der Waals surface area contributed by atoms with Crippen molar-refractivity contribution in [2.24, 2.45) is 10.9 Å². The fourth-order valence-electron chi connectivity index (χ4n) is 3.67. The third kappa shape index (κ3) is 4.22. The molecule has 0 unspecified atom stereocenters. The fraction of sp³-hybridized carbons (Fsp3) is 0.474. The molecule has 27 heavy (non-hydrogen) atoms. The normalized spacial score (nSPS) is 24.7. The molecule has 3 aliphatic rings. The molecule has 7 nitrogen and oxygen atoms in total. The van der Waals surface area contributed by atoms with E-state index < -0.39 is 0 Å². The topological polar surface area (TPSA) is 75.5 Å². The van der Waals surface area contributed by atoms with Crippen molar-refractivity contribution in [2.75, 3.05) is 38.3 Å². The average Bonchev–Trinajstić information content (AvgIpc) is 2.74. The van der Waals surface area contributed by atoms with Crippen molar-refractivity contribution < 1.29 is 4.74 Å². The number of hydrogen-bond acceptors (Lipinski definition) is 7. The number of amidine groups is 1. The zero-order chi connectivity index (χ0) is 18.6. The second kappa shape index (κ2) is 8.22. The smallest absolute Gasteiger partial charge is 0.290 e. The number of aliphatic imine (C=N–C) groups is 1. The maximum absolute atomic E-state index is 6.18. The number of nitrogens with one attached hydrogen (secondary N) is 1. The molecule has 1 N–H and O–H groups in total. The number of nitrogens with zero attached hydrogens (tertiary/aromatic N) is 5. The Bertz CT molecular complexity index is 804. The molecule has 2 aromatic rings. The highest BCUT2D eigenvalue weighted by atomic mass is 32.2. The van der Waals surface area contributed by atoms with Crippen LogP contribution in [0, 0.1) is 5.92 Å². The van der Waals surface area contributed by atoms with Crippen LogP contribution in [0.5, 0.6) is 0 Å². The van der Waals surface area contributed by atoms with Crippen LogP contribution in [-0.4, -0.2) is 64.9 Å². The zero-order valence-electron chi connectivity index (χ0n) is 15.6. The minimum atomic E-state index is 0.197. The molecule has 3 saturated heterocycles. The maximum Gasteiger partial charge on any atom is 0.290 e. The van der Waals surface area contributed by atoms with E-state index in [0.29, 0.717) is 17.8 Å². The molecular formula is C19H24N6OS. The fourth-order valence-corrected chi connectivity index (χ4v) is 4.03. The minimum Gasteiger partial charge on any atom is -0.460 e. The summed E-state index contributed by atoms with van der Waals surface area (Å²) in [6, 6.07) is 6.41. The number of thioether (sulfide) groups is 1. The van der Waals surface area contributed by atoms with E-state index in [1.165, 1.54) is 25.9 Å². The monoisotopic (exact) mass is 384 g/mol. The Morgan fingerprint density at radius 3 is 2.74 bits per heavy atom. The maximum atomic E-state index is 6.18. The van der Waals surface area contributed by atoms with Gasteiger partial charge in [-0.1, -0.05) is 0 Å². The lowest BCUT2D eigenvalue weighted by Gasteiger charge is -2.44. The van der Waals surface area contributed by atoms with Crippen LogP contribution < -0.4 is 5.32 Å². The van der Waals surface area contributed by atoms with Crippen molar-refractivity contribution >= 4 is 23.6 Å². The summed E-state index contributed by atoms with van der Waals surface area (Å²) in [5, 5.41) is 4.19. The number of rotatable bonds is 4. The molecule has 142 valence electrons. The molecule has 1 atom stereocenters. The van der Waals surface area contributed by atoms with Gasteiger partial charge >= 0.3 is 0 Å². The molecule has 0 aliphatic carbocycles. The summed E-state index contributed by atoms with van der Waals surface area (Å²) >= 11 is 1.62. The molecule has 8 heteroatoms. The van der Waals surface area contributed by atoms with Crippen molar-refractivity contribution in [3.8, 4) is 11.3 Å². The molecule has 0 radical (unpaired) electrons. The number of aromatic nitrogens is 3. The summed E-state index contributed by atoms with van der Waals surface area (Å²) in [7, 11) is 1.73. The Balaban J connectivity index is 1.45. The first-order chi connectivity index (χ1) is 13.2. The van der Waals surface area contributed by atoms with Gasteiger partial charge in [-0.05, 0) is 50.2 Å². The van der Waals surface area contributed by atoms with E-state index in [4.69, 9.17) is 4.74 Å². The van der Waals surface area contributed by atoms with E-state index in [1.807, 2.05) is 30.7 Å². The van der Waals surface area contributed by atoms with Gasteiger partial charge in [0.1, 0.15) is 18.2 Å². The molecule has 2 aromatic heterocycles. The van der Waals surface area contributed by atoms with Gasteiger partial charge in [0.2, 0.25) is 0 Å². The molecule has 0 amide bonds. The molecule has 3 fully saturated rings.